The topological polar surface area (TPSA) is 72.4 Å². The first kappa shape index (κ1) is 13.8. The van der Waals surface area contributed by atoms with E-state index in [1.807, 2.05) is 0 Å². The summed E-state index contributed by atoms with van der Waals surface area (Å²) in [5, 5.41) is 3.16. The summed E-state index contributed by atoms with van der Waals surface area (Å²) in [6.07, 6.45) is 1.99. The minimum absolute atomic E-state index is 0.341. The van der Waals surface area contributed by atoms with Gasteiger partial charge in [0.15, 0.2) is 0 Å². The minimum Gasteiger partial charge on any atom is -0.467 e. The summed E-state index contributed by atoms with van der Waals surface area (Å²) in [6.45, 7) is 6.10. The molecule has 7 heteroatoms. The molecule has 1 saturated heterocycles. The highest BCUT2D eigenvalue weighted by molar-refractivity contribution is 5.38. The molecule has 1 aliphatic heterocycles. The molecule has 1 aliphatic rings. The molecule has 0 aliphatic carbocycles. The van der Waals surface area contributed by atoms with E-state index in [9.17, 15) is 0 Å². The van der Waals surface area contributed by atoms with Gasteiger partial charge in [-0.15, -0.1) is 0 Å². The predicted octanol–water partition coefficient (Wildman–Crippen LogP) is 0.929. The molecular weight excluding hydrogens is 246 g/mol. The Morgan fingerprint density at radius 1 is 1.26 bits per heavy atom. The monoisotopic (exact) mass is 267 g/mol. The lowest BCUT2D eigenvalue weighted by Gasteiger charge is -2.20. The van der Waals surface area contributed by atoms with Crippen LogP contribution in [-0.4, -0.2) is 54.9 Å². The van der Waals surface area contributed by atoms with Crippen molar-refractivity contribution in [1.29, 1.82) is 0 Å². The Morgan fingerprint density at radius 3 is 2.95 bits per heavy atom. The highest BCUT2D eigenvalue weighted by atomic mass is 16.5. The van der Waals surface area contributed by atoms with Crippen LogP contribution in [0, 0.1) is 0 Å². The molecule has 1 N–H and O–H groups in total. The van der Waals surface area contributed by atoms with Crippen molar-refractivity contribution in [1.82, 2.24) is 15.0 Å². The fourth-order valence-electron chi connectivity index (χ4n) is 1.84. The van der Waals surface area contributed by atoms with Gasteiger partial charge in [-0.1, -0.05) is 6.92 Å². The van der Waals surface area contributed by atoms with Crippen molar-refractivity contribution in [2.45, 2.75) is 19.8 Å². The van der Waals surface area contributed by atoms with E-state index in [-0.39, 0.29) is 0 Å². The van der Waals surface area contributed by atoms with Crippen LogP contribution >= 0.6 is 0 Å². The summed E-state index contributed by atoms with van der Waals surface area (Å²) < 4.78 is 10.6. The molecule has 2 rings (SSSR count). The van der Waals surface area contributed by atoms with Crippen molar-refractivity contribution in [3.8, 4) is 6.01 Å². The second-order valence-corrected chi connectivity index (χ2v) is 4.33. The van der Waals surface area contributed by atoms with Gasteiger partial charge in [0, 0.05) is 26.2 Å². The standard InChI is InChI=1S/C12H21N5O2/c1-3-5-13-10-14-11(16-12(15-10)18-2)17-6-4-8-19-9-7-17/h3-9H2,1-2H3,(H,13,14,15,16). The van der Waals surface area contributed by atoms with Crippen LogP contribution < -0.4 is 15.0 Å². The highest BCUT2D eigenvalue weighted by Crippen LogP contribution is 2.16. The summed E-state index contributed by atoms with van der Waals surface area (Å²) in [5.41, 5.74) is 0. The third-order valence-electron chi connectivity index (χ3n) is 2.82. The van der Waals surface area contributed by atoms with Crippen molar-refractivity contribution >= 4 is 11.9 Å². The van der Waals surface area contributed by atoms with Crippen molar-refractivity contribution < 1.29 is 9.47 Å². The Morgan fingerprint density at radius 2 is 2.16 bits per heavy atom. The fourth-order valence-corrected chi connectivity index (χ4v) is 1.84. The molecule has 2 heterocycles. The number of anilines is 2. The van der Waals surface area contributed by atoms with Gasteiger partial charge in [-0.2, -0.15) is 15.0 Å². The lowest BCUT2D eigenvalue weighted by Crippen LogP contribution is -2.28. The zero-order chi connectivity index (χ0) is 13.5. The summed E-state index contributed by atoms with van der Waals surface area (Å²) in [6, 6.07) is 0.341. The lowest BCUT2D eigenvalue weighted by atomic mass is 10.4. The van der Waals surface area contributed by atoms with Crippen molar-refractivity contribution in [3.63, 3.8) is 0 Å². The largest absolute Gasteiger partial charge is 0.467 e. The fraction of sp³-hybridized carbons (Fsp3) is 0.750. The van der Waals surface area contributed by atoms with Gasteiger partial charge in [0.05, 0.1) is 13.7 Å². The molecule has 19 heavy (non-hydrogen) atoms. The van der Waals surface area contributed by atoms with E-state index in [0.717, 1.165) is 39.1 Å². The maximum absolute atomic E-state index is 5.44. The summed E-state index contributed by atoms with van der Waals surface area (Å²) in [7, 11) is 1.56. The summed E-state index contributed by atoms with van der Waals surface area (Å²) in [5.74, 6) is 1.21. The number of methoxy groups -OCH3 is 1. The van der Waals surface area contributed by atoms with Crippen LogP contribution in [0.15, 0.2) is 0 Å². The van der Waals surface area contributed by atoms with Crippen LogP contribution in [0.3, 0.4) is 0 Å². The normalized spacial score (nSPS) is 16.0. The van der Waals surface area contributed by atoms with Gasteiger partial charge >= 0.3 is 6.01 Å². The first-order valence-electron chi connectivity index (χ1n) is 6.70. The van der Waals surface area contributed by atoms with Gasteiger partial charge < -0.3 is 19.7 Å². The van der Waals surface area contributed by atoms with Crippen molar-refractivity contribution in [2.24, 2.45) is 0 Å². The second kappa shape index (κ2) is 7.08. The van der Waals surface area contributed by atoms with Crippen molar-refractivity contribution in [3.05, 3.63) is 0 Å². The van der Waals surface area contributed by atoms with E-state index >= 15 is 0 Å². The molecular formula is C12H21N5O2. The van der Waals surface area contributed by atoms with E-state index in [2.05, 4.69) is 32.1 Å². The second-order valence-electron chi connectivity index (χ2n) is 4.33. The Hall–Kier alpha value is -1.63. The first-order chi connectivity index (χ1) is 9.33. The number of nitrogens with one attached hydrogen (secondary N) is 1. The summed E-state index contributed by atoms with van der Waals surface area (Å²) >= 11 is 0. The number of ether oxygens (including phenoxy) is 2. The van der Waals surface area contributed by atoms with Gasteiger partial charge in [-0.3, -0.25) is 0 Å². The van der Waals surface area contributed by atoms with Crippen LogP contribution in [0.5, 0.6) is 6.01 Å². The molecule has 0 atom stereocenters. The molecule has 1 aromatic rings. The molecule has 0 spiro atoms. The average molecular weight is 267 g/mol. The van der Waals surface area contributed by atoms with Gasteiger partial charge in [-0.25, -0.2) is 0 Å². The SMILES string of the molecule is CCCNc1nc(OC)nc(N2CCCOCC2)n1. The number of rotatable bonds is 5. The van der Waals surface area contributed by atoms with Crippen LogP contribution in [0.25, 0.3) is 0 Å². The quantitative estimate of drug-likeness (QED) is 0.850. The number of aromatic nitrogens is 3. The van der Waals surface area contributed by atoms with Crippen LogP contribution in [0.2, 0.25) is 0 Å². The van der Waals surface area contributed by atoms with Gasteiger partial charge in [0.2, 0.25) is 11.9 Å². The van der Waals surface area contributed by atoms with E-state index in [4.69, 9.17) is 9.47 Å². The predicted molar refractivity (Wildman–Crippen MR) is 72.8 cm³/mol. The Bertz CT molecular complexity index is 394. The maximum atomic E-state index is 5.44. The molecule has 0 unspecified atom stereocenters. The molecule has 0 radical (unpaired) electrons. The number of hydrogen-bond acceptors (Lipinski definition) is 7. The molecule has 0 saturated carbocycles. The number of nitrogens with zero attached hydrogens (tertiary/aromatic N) is 4. The van der Waals surface area contributed by atoms with Crippen LogP contribution in [-0.2, 0) is 4.74 Å². The number of hydrogen-bond donors (Lipinski definition) is 1. The van der Waals surface area contributed by atoms with Gasteiger partial charge in [-0.05, 0) is 12.8 Å². The lowest BCUT2D eigenvalue weighted by molar-refractivity contribution is 0.152. The zero-order valence-electron chi connectivity index (χ0n) is 11.6. The average Bonchev–Trinajstić information content (AvgIpc) is 2.73. The first-order valence-corrected chi connectivity index (χ1v) is 6.70. The molecule has 0 amide bonds. The van der Waals surface area contributed by atoms with E-state index in [1.54, 1.807) is 7.11 Å². The Balaban J connectivity index is 2.17. The third-order valence-corrected chi connectivity index (χ3v) is 2.82. The van der Waals surface area contributed by atoms with Crippen LogP contribution in [0.4, 0.5) is 11.9 Å². The minimum atomic E-state index is 0.341. The molecule has 0 aromatic carbocycles. The smallest absolute Gasteiger partial charge is 0.322 e. The van der Waals surface area contributed by atoms with Gasteiger partial charge in [0.1, 0.15) is 0 Å². The summed E-state index contributed by atoms with van der Waals surface area (Å²) in [4.78, 5) is 15.1. The van der Waals surface area contributed by atoms with E-state index < -0.39 is 0 Å². The van der Waals surface area contributed by atoms with Crippen LogP contribution in [0.1, 0.15) is 19.8 Å². The van der Waals surface area contributed by atoms with Gasteiger partial charge in [0.25, 0.3) is 0 Å². The highest BCUT2D eigenvalue weighted by Gasteiger charge is 2.15. The maximum Gasteiger partial charge on any atom is 0.322 e. The molecule has 1 aromatic heterocycles. The molecule has 106 valence electrons. The van der Waals surface area contributed by atoms with Crippen molar-refractivity contribution in [2.75, 3.05) is 50.2 Å². The van der Waals surface area contributed by atoms with E-state index in [0.29, 0.717) is 24.5 Å². The molecule has 0 bridgehead atoms. The Kier molecular flexibility index (Phi) is 5.14. The molecule has 7 nitrogen and oxygen atoms in total. The Labute approximate surface area is 113 Å². The molecule has 1 fully saturated rings. The van der Waals surface area contributed by atoms with E-state index in [1.165, 1.54) is 0 Å². The zero-order valence-corrected chi connectivity index (χ0v) is 11.6. The third kappa shape index (κ3) is 3.92.